The Morgan fingerprint density at radius 2 is 2.10 bits per heavy atom. The van der Waals surface area contributed by atoms with Gasteiger partial charge in [-0.2, -0.15) is 5.10 Å². The first-order valence-electron chi connectivity index (χ1n) is 10.6. The van der Waals surface area contributed by atoms with Gasteiger partial charge in [-0.1, -0.05) is 0 Å². The minimum Gasteiger partial charge on any atom is -0.349 e. The number of nitrogens with zero attached hydrogens (tertiary/aromatic N) is 5. The number of aliphatic imine (C=N–C) groups is 1. The first-order valence-corrected chi connectivity index (χ1v) is 10.6. The maximum absolute atomic E-state index is 5.01. The number of H-pyrrole nitrogens is 2. The molecule has 0 atom stereocenters. The molecule has 8 heteroatoms. The van der Waals surface area contributed by atoms with Crippen molar-refractivity contribution in [2.45, 2.75) is 25.7 Å². The van der Waals surface area contributed by atoms with E-state index in [1.807, 2.05) is 31.1 Å². The second kappa shape index (κ2) is 7.96. The summed E-state index contributed by atoms with van der Waals surface area (Å²) in [6.07, 6.45) is 5.98. The summed E-state index contributed by atoms with van der Waals surface area (Å²) in [5.74, 6) is 0.492. The smallest absolute Gasteiger partial charge is 0.139 e. The number of fused-ring (bicyclic) bond motifs is 2. The van der Waals surface area contributed by atoms with Crippen LogP contribution in [0.15, 0.2) is 47.4 Å². The zero-order chi connectivity index (χ0) is 21.4. The summed E-state index contributed by atoms with van der Waals surface area (Å²) in [4.78, 5) is 19.0. The van der Waals surface area contributed by atoms with Crippen LogP contribution in [0, 0.1) is 0 Å². The summed E-state index contributed by atoms with van der Waals surface area (Å²) in [7, 11) is 1.99. The van der Waals surface area contributed by atoms with Gasteiger partial charge in [0.2, 0.25) is 0 Å². The summed E-state index contributed by atoms with van der Waals surface area (Å²) in [5, 5.41) is 12.1. The lowest BCUT2D eigenvalue weighted by Gasteiger charge is -2.22. The maximum Gasteiger partial charge on any atom is 0.139 e. The summed E-state index contributed by atoms with van der Waals surface area (Å²) in [6.45, 7) is 7.60. The lowest BCUT2D eigenvalue weighted by Crippen LogP contribution is -2.27. The molecule has 0 amide bonds. The van der Waals surface area contributed by atoms with E-state index in [0.717, 1.165) is 76.5 Å². The molecule has 5 heterocycles. The normalized spacial score (nSPS) is 15.6. The molecule has 0 radical (unpaired) electrons. The molecule has 158 valence electrons. The third kappa shape index (κ3) is 3.59. The number of piperidine rings is 1. The third-order valence-electron chi connectivity index (χ3n) is 5.96. The molecule has 0 aliphatic carbocycles. The van der Waals surface area contributed by atoms with E-state index in [1.165, 1.54) is 0 Å². The molecule has 5 rings (SSSR count). The standard InChI is InChI=1S/C23H26N8/c1-14(24-2)13-31(3)20-8-11-26-23-16(20)12-19(28-23)22-21-18(29-30-22)5-4-17(27-21)15-6-9-25-10-7-15/h4-5,8,11-13,15,25H,2,6-7,9-10H2,1,3H3,(H,26,28)(H,29,30)/b14-13-. The Hall–Kier alpha value is -3.52. The van der Waals surface area contributed by atoms with E-state index in [2.05, 4.69) is 55.4 Å². The molecule has 0 bridgehead atoms. The summed E-state index contributed by atoms with van der Waals surface area (Å²) in [6, 6.07) is 8.30. The van der Waals surface area contributed by atoms with E-state index in [1.54, 1.807) is 6.20 Å². The van der Waals surface area contributed by atoms with Crippen LogP contribution < -0.4 is 10.2 Å². The predicted molar refractivity (Wildman–Crippen MR) is 126 cm³/mol. The van der Waals surface area contributed by atoms with Gasteiger partial charge in [-0.15, -0.1) is 0 Å². The van der Waals surface area contributed by atoms with Crippen molar-refractivity contribution in [2.75, 3.05) is 25.0 Å². The summed E-state index contributed by atoms with van der Waals surface area (Å²) < 4.78 is 0. The van der Waals surface area contributed by atoms with Crippen LogP contribution >= 0.6 is 0 Å². The van der Waals surface area contributed by atoms with E-state index in [0.29, 0.717) is 5.92 Å². The van der Waals surface area contributed by atoms with Crippen LogP contribution in [0.3, 0.4) is 0 Å². The van der Waals surface area contributed by atoms with Crippen molar-refractivity contribution in [1.29, 1.82) is 0 Å². The molecule has 1 aliphatic rings. The molecule has 3 N–H and O–H groups in total. The molecule has 0 unspecified atom stereocenters. The molecule has 1 fully saturated rings. The second-order valence-electron chi connectivity index (χ2n) is 8.04. The minimum absolute atomic E-state index is 0.492. The number of anilines is 1. The van der Waals surface area contributed by atoms with Crippen molar-refractivity contribution in [1.82, 2.24) is 30.5 Å². The number of aromatic amines is 2. The highest BCUT2D eigenvalue weighted by Gasteiger charge is 2.20. The molecule has 0 saturated carbocycles. The van der Waals surface area contributed by atoms with E-state index in [4.69, 9.17) is 4.98 Å². The lowest BCUT2D eigenvalue weighted by atomic mass is 9.94. The SMILES string of the molecule is C=N/C(C)=C\N(C)c1ccnc2[nH]c(-c3n[nH]c4ccc(C5CCNCC5)nc34)cc12. The highest BCUT2D eigenvalue weighted by Crippen LogP contribution is 2.33. The van der Waals surface area contributed by atoms with E-state index in [-0.39, 0.29) is 0 Å². The van der Waals surface area contributed by atoms with Gasteiger partial charge in [0.1, 0.15) is 16.9 Å². The fraction of sp³-hybridized carbons (Fsp3) is 0.304. The molecule has 0 aromatic carbocycles. The number of hydrogen-bond donors (Lipinski definition) is 3. The van der Waals surface area contributed by atoms with Crippen LogP contribution in [0.2, 0.25) is 0 Å². The minimum atomic E-state index is 0.492. The van der Waals surface area contributed by atoms with Crippen LogP contribution in [0.5, 0.6) is 0 Å². The second-order valence-corrected chi connectivity index (χ2v) is 8.04. The summed E-state index contributed by atoms with van der Waals surface area (Å²) in [5.41, 5.74) is 7.36. The molecular weight excluding hydrogens is 388 g/mol. The Morgan fingerprint density at radius 3 is 2.90 bits per heavy atom. The van der Waals surface area contributed by atoms with Gasteiger partial charge >= 0.3 is 0 Å². The van der Waals surface area contributed by atoms with Gasteiger partial charge in [-0.05, 0) is 63.8 Å². The Kier molecular flexibility index (Phi) is 4.99. The highest BCUT2D eigenvalue weighted by molar-refractivity contribution is 5.97. The van der Waals surface area contributed by atoms with E-state index < -0.39 is 0 Å². The van der Waals surface area contributed by atoms with Crippen LogP contribution in [0.25, 0.3) is 33.5 Å². The zero-order valence-electron chi connectivity index (χ0n) is 17.8. The van der Waals surface area contributed by atoms with Gasteiger partial charge < -0.3 is 15.2 Å². The van der Waals surface area contributed by atoms with Gasteiger partial charge in [-0.3, -0.25) is 10.1 Å². The van der Waals surface area contributed by atoms with Gasteiger partial charge in [-0.25, -0.2) is 9.97 Å². The average Bonchev–Trinajstić information content (AvgIpc) is 3.42. The quantitative estimate of drug-likeness (QED) is 0.429. The highest BCUT2D eigenvalue weighted by atomic mass is 15.1. The fourth-order valence-corrected chi connectivity index (χ4v) is 4.29. The monoisotopic (exact) mass is 414 g/mol. The predicted octanol–water partition coefficient (Wildman–Crippen LogP) is 3.97. The fourth-order valence-electron chi connectivity index (χ4n) is 4.29. The Labute approximate surface area is 180 Å². The molecule has 0 spiro atoms. The van der Waals surface area contributed by atoms with Crippen molar-refractivity contribution in [2.24, 2.45) is 4.99 Å². The first-order chi connectivity index (χ1) is 15.1. The van der Waals surface area contributed by atoms with Gasteiger partial charge in [0, 0.05) is 36.4 Å². The van der Waals surface area contributed by atoms with Crippen LogP contribution in [0.4, 0.5) is 5.69 Å². The number of aromatic nitrogens is 5. The van der Waals surface area contributed by atoms with Crippen molar-refractivity contribution in [3.63, 3.8) is 0 Å². The molecule has 1 saturated heterocycles. The zero-order valence-corrected chi connectivity index (χ0v) is 17.8. The van der Waals surface area contributed by atoms with Crippen LogP contribution in [0.1, 0.15) is 31.4 Å². The van der Waals surface area contributed by atoms with E-state index in [9.17, 15) is 0 Å². The Balaban J connectivity index is 1.57. The maximum atomic E-state index is 5.01. The third-order valence-corrected chi connectivity index (χ3v) is 5.96. The van der Waals surface area contributed by atoms with Gasteiger partial charge in [0.15, 0.2) is 0 Å². The van der Waals surface area contributed by atoms with Crippen molar-refractivity contribution in [3.05, 3.63) is 48.1 Å². The number of rotatable bonds is 5. The molecule has 4 aromatic rings. The van der Waals surface area contributed by atoms with Crippen LogP contribution in [-0.4, -0.2) is 52.0 Å². The number of hydrogen-bond acceptors (Lipinski definition) is 6. The molecule has 31 heavy (non-hydrogen) atoms. The van der Waals surface area contributed by atoms with Gasteiger partial charge in [0.05, 0.1) is 22.6 Å². The van der Waals surface area contributed by atoms with Gasteiger partial charge in [0.25, 0.3) is 0 Å². The van der Waals surface area contributed by atoms with Crippen molar-refractivity contribution in [3.8, 4) is 11.4 Å². The Bertz CT molecular complexity index is 1280. The summed E-state index contributed by atoms with van der Waals surface area (Å²) >= 11 is 0. The number of allylic oxidation sites excluding steroid dienone is 1. The number of nitrogens with one attached hydrogen (secondary N) is 3. The van der Waals surface area contributed by atoms with Crippen molar-refractivity contribution < 1.29 is 0 Å². The lowest BCUT2D eigenvalue weighted by molar-refractivity contribution is 0.454. The van der Waals surface area contributed by atoms with Crippen molar-refractivity contribution >= 4 is 34.5 Å². The largest absolute Gasteiger partial charge is 0.349 e. The number of pyridine rings is 2. The van der Waals surface area contributed by atoms with E-state index >= 15 is 0 Å². The van der Waals surface area contributed by atoms with Crippen LogP contribution in [-0.2, 0) is 0 Å². The molecule has 8 nitrogen and oxygen atoms in total. The molecule has 1 aliphatic heterocycles. The first kappa shape index (κ1) is 19.4. The Morgan fingerprint density at radius 1 is 1.26 bits per heavy atom. The average molecular weight is 415 g/mol. The molecule has 4 aromatic heterocycles. The molecular formula is C23H26N8. The topological polar surface area (TPSA) is 97.9 Å².